The van der Waals surface area contributed by atoms with E-state index in [0.29, 0.717) is 37.6 Å². The second-order valence-electron chi connectivity index (χ2n) is 8.91. The van der Waals surface area contributed by atoms with Crippen LogP contribution < -0.4 is 5.32 Å². The Kier molecular flexibility index (Phi) is 5.43. The van der Waals surface area contributed by atoms with E-state index in [4.69, 9.17) is 14.5 Å². The Hall–Kier alpha value is -3.82. The lowest BCUT2D eigenvalue weighted by Crippen LogP contribution is -2.52. The zero-order valence-corrected chi connectivity index (χ0v) is 19.0. The molecular weight excluding hydrogens is 448 g/mol. The van der Waals surface area contributed by atoms with E-state index in [1.807, 2.05) is 42.5 Å². The quantitative estimate of drug-likeness (QED) is 0.565. The number of nitrogens with one attached hydrogen (secondary N) is 2. The zero-order chi connectivity index (χ0) is 23.9. The molecule has 2 saturated heterocycles. The molecule has 1 aromatic heterocycles. The standard InChI is InChI=1S/C26H24N4O5/c31-20-10-9-19(24(32)27-20)30-14-17-13-16(7-8-18(17)25(30)33)22-21(15-5-2-1-3-6-15)28-23(29-22)26-34-11-4-12-35-26/h1-3,5-8,13,19,26H,4,9-12,14H2,(H,28,29)(H,27,31,32). The molecule has 9 heteroatoms. The van der Waals surface area contributed by atoms with Crippen LogP contribution in [0.15, 0.2) is 48.5 Å². The van der Waals surface area contributed by atoms with E-state index in [0.717, 1.165) is 34.5 Å². The third-order valence-corrected chi connectivity index (χ3v) is 6.63. The first-order chi connectivity index (χ1) is 17.1. The van der Waals surface area contributed by atoms with Crippen molar-refractivity contribution in [2.24, 2.45) is 0 Å². The fourth-order valence-corrected chi connectivity index (χ4v) is 4.89. The zero-order valence-electron chi connectivity index (χ0n) is 19.0. The second-order valence-corrected chi connectivity index (χ2v) is 8.91. The molecule has 6 rings (SSSR count). The van der Waals surface area contributed by atoms with Gasteiger partial charge in [-0.25, -0.2) is 4.98 Å². The van der Waals surface area contributed by atoms with E-state index < -0.39 is 18.2 Å². The molecule has 2 N–H and O–H groups in total. The van der Waals surface area contributed by atoms with Gasteiger partial charge in [0, 0.05) is 29.7 Å². The minimum Gasteiger partial charge on any atom is -0.346 e. The molecule has 4 heterocycles. The minimum absolute atomic E-state index is 0.198. The predicted octanol–water partition coefficient (Wildman–Crippen LogP) is 2.94. The Morgan fingerprint density at radius 1 is 0.971 bits per heavy atom. The van der Waals surface area contributed by atoms with Crippen molar-refractivity contribution in [2.45, 2.75) is 38.1 Å². The number of imidazole rings is 1. The maximum Gasteiger partial charge on any atom is 0.255 e. The van der Waals surface area contributed by atoms with Gasteiger partial charge in [-0.2, -0.15) is 0 Å². The topological polar surface area (TPSA) is 114 Å². The number of hydrogen-bond acceptors (Lipinski definition) is 6. The van der Waals surface area contributed by atoms with Crippen molar-refractivity contribution in [3.8, 4) is 22.5 Å². The predicted molar refractivity (Wildman–Crippen MR) is 125 cm³/mol. The molecule has 2 aromatic carbocycles. The number of hydrogen-bond donors (Lipinski definition) is 2. The summed E-state index contributed by atoms with van der Waals surface area (Å²) >= 11 is 0. The summed E-state index contributed by atoms with van der Waals surface area (Å²) in [6.45, 7) is 1.53. The lowest BCUT2D eigenvalue weighted by molar-refractivity contribution is -0.186. The number of aromatic nitrogens is 2. The number of ether oxygens (including phenoxy) is 2. The first kappa shape index (κ1) is 21.7. The Morgan fingerprint density at radius 2 is 1.77 bits per heavy atom. The van der Waals surface area contributed by atoms with Gasteiger partial charge in [0.25, 0.3) is 5.91 Å². The summed E-state index contributed by atoms with van der Waals surface area (Å²) in [6, 6.07) is 14.9. The number of carbonyl (C=O) groups excluding carboxylic acids is 3. The molecule has 0 bridgehead atoms. The van der Waals surface area contributed by atoms with Gasteiger partial charge in [0.15, 0.2) is 5.82 Å². The molecule has 1 atom stereocenters. The number of amides is 3. The van der Waals surface area contributed by atoms with Crippen LogP contribution in [0.3, 0.4) is 0 Å². The number of piperidine rings is 1. The van der Waals surface area contributed by atoms with Crippen LogP contribution in [0, 0.1) is 0 Å². The molecule has 3 amide bonds. The summed E-state index contributed by atoms with van der Waals surface area (Å²) in [5.41, 5.74) is 4.78. The molecule has 0 aliphatic carbocycles. The molecule has 178 valence electrons. The monoisotopic (exact) mass is 472 g/mol. The van der Waals surface area contributed by atoms with E-state index in [1.54, 1.807) is 11.0 Å². The number of H-pyrrole nitrogens is 1. The van der Waals surface area contributed by atoms with Crippen molar-refractivity contribution < 1.29 is 23.9 Å². The smallest absolute Gasteiger partial charge is 0.255 e. The molecule has 3 aromatic rings. The van der Waals surface area contributed by atoms with Gasteiger partial charge < -0.3 is 19.4 Å². The van der Waals surface area contributed by atoms with Crippen molar-refractivity contribution in [3.05, 3.63) is 65.5 Å². The molecule has 9 nitrogen and oxygen atoms in total. The number of carbonyl (C=O) groups is 3. The van der Waals surface area contributed by atoms with Crippen LogP contribution in [0.1, 0.15) is 47.3 Å². The van der Waals surface area contributed by atoms with Gasteiger partial charge in [0.05, 0.1) is 24.6 Å². The fourth-order valence-electron chi connectivity index (χ4n) is 4.89. The Labute approximate surface area is 201 Å². The molecule has 3 aliphatic rings. The average Bonchev–Trinajstić information content (AvgIpc) is 3.47. The molecule has 0 spiro atoms. The highest BCUT2D eigenvalue weighted by atomic mass is 16.7. The SMILES string of the molecule is O=C1CCC(N2Cc3cc(-c4nc(C5OCCCO5)[nH]c4-c4ccccc4)ccc3C2=O)C(=O)N1. The van der Waals surface area contributed by atoms with Crippen LogP contribution in [0.5, 0.6) is 0 Å². The van der Waals surface area contributed by atoms with Gasteiger partial charge in [0.1, 0.15) is 6.04 Å². The second kappa shape index (κ2) is 8.75. The molecule has 35 heavy (non-hydrogen) atoms. The first-order valence-corrected chi connectivity index (χ1v) is 11.7. The first-order valence-electron chi connectivity index (χ1n) is 11.7. The highest BCUT2D eigenvalue weighted by Gasteiger charge is 2.39. The van der Waals surface area contributed by atoms with Crippen molar-refractivity contribution in [3.63, 3.8) is 0 Å². The summed E-state index contributed by atoms with van der Waals surface area (Å²) in [7, 11) is 0. The maximum absolute atomic E-state index is 13.1. The Balaban J connectivity index is 1.35. The van der Waals surface area contributed by atoms with Gasteiger partial charge in [-0.05, 0) is 30.5 Å². The van der Waals surface area contributed by atoms with Crippen LogP contribution in [0.2, 0.25) is 0 Å². The third kappa shape index (κ3) is 3.92. The molecule has 3 aliphatic heterocycles. The number of imide groups is 1. The van der Waals surface area contributed by atoms with E-state index in [2.05, 4.69) is 10.3 Å². The number of aromatic amines is 1. The molecule has 1 unspecified atom stereocenters. The van der Waals surface area contributed by atoms with Crippen LogP contribution in [-0.4, -0.2) is 51.8 Å². The van der Waals surface area contributed by atoms with Crippen LogP contribution >= 0.6 is 0 Å². The highest BCUT2D eigenvalue weighted by molar-refractivity contribution is 6.05. The van der Waals surface area contributed by atoms with Gasteiger partial charge in [-0.1, -0.05) is 36.4 Å². The average molecular weight is 473 g/mol. The maximum atomic E-state index is 13.1. The van der Waals surface area contributed by atoms with Gasteiger partial charge in [-0.15, -0.1) is 0 Å². The molecular formula is C26H24N4O5. The van der Waals surface area contributed by atoms with Crippen molar-refractivity contribution in [1.29, 1.82) is 0 Å². The van der Waals surface area contributed by atoms with Crippen molar-refractivity contribution in [2.75, 3.05) is 13.2 Å². The van der Waals surface area contributed by atoms with E-state index in [9.17, 15) is 14.4 Å². The highest BCUT2D eigenvalue weighted by Crippen LogP contribution is 2.36. The van der Waals surface area contributed by atoms with Crippen molar-refractivity contribution >= 4 is 17.7 Å². The van der Waals surface area contributed by atoms with E-state index >= 15 is 0 Å². The number of rotatable bonds is 4. The number of benzene rings is 2. The lowest BCUT2D eigenvalue weighted by atomic mass is 10.0. The Morgan fingerprint density at radius 3 is 2.54 bits per heavy atom. The van der Waals surface area contributed by atoms with Crippen molar-refractivity contribution in [1.82, 2.24) is 20.2 Å². The third-order valence-electron chi connectivity index (χ3n) is 6.63. The van der Waals surface area contributed by atoms with Crippen LogP contribution in [0.4, 0.5) is 0 Å². The summed E-state index contributed by atoms with van der Waals surface area (Å²) in [6.07, 6.45) is 0.848. The minimum atomic E-state index is -0.645. The van der Waals surface area contributed by atoms with E-state index in [1.165, 1.54) is 0 Å². The Bertz CT molecular complexity index is 1310. The lowest BCUT2D eigenvalue weighted by Gasteiger charge is -2.29. The summed E-state index contributed by atoms with van der Waals surface area (Å²) < 4.78 is 11.5. The summed E-state index contributed by atoms with van der Waals surface area (Å²) in [5, 5.41) is 2.34. The fraction of sp³-hybridized carbons (Fsp3) is 0.308. The van der Waals surface area contributed by atoms with Crippen LogP contribution in [-0.2, 0) is 25.6 Å². The van der Waals surface area contributed by atoms with Gasteiger partial charge in [-0.3, -0.25) is 19.7 Å². The molecule has 0 saturated carbocycles. The largest absolute Gasteiger partial charge is 0.346 e. The summed E-state index contributed by atoms with van der Waals surface area (Å²) in [5.74, 6) is -0.318. The van der Waals surface area contributed by atoms with Gasteiger partial charge >= 0.3 is 0 Å². The molecule has 2 fully saturated rings. The summed E-state index contributed by atoms with van der Waals surface area (Å²) in [4.78, 5) is 46.8. The number of nitrogens with zero attached hydrogens (tertiary/aromatic N) is 2. The number of fused-ring (bicyclic) bond motifs is 1. The van der Waals surface area contributed by atoms with Gasteiger partial charge in [0.2, 0.25) is 18.1 Å². The van der Waals surface area contributed by atoms with Crippen LogP contribution in [0.25, 0.3) is 22.5 Å². The van der Waals surface area contributed by atoms with E-state index in [-0.39, 0.29) is 18.2 Å². The molecule has 0 radical (unpaired) electrons. The normalized spacial score (nSPS) is 20.7.